The van der Waals surface area contributed by atoms with Gasteiger partial charge in [-0.25, -0.2) is 13.1 Å². The third kappa shape index (κ3) is 4.04. The Morgan fingerprint density at radius 2 is 2.10 bits per heavy atom. The topological polar surface area (TPSA) is 66.4 Å². The van der Waals surface area contributed by atoms with Crippen molar-refractivity contribution >= 4 is 10.0 Å². The van der Waals surface area contributed by atoms with E-state index in [9.17, 15) is 13.5 Å². The first-order valence-electron chi connectivity index (χ1n) is 7.22. The van der Waals surface area contributed by atoms with Crippen LogP contribution in [0, 0.1) is 5.92 Å². The monoisotopic (exact) mass is 297 g/mol. The predicted octanol–water partition coefficient (Wildman–Crippen LogP) is 2.60. The Labute approximate surface area is 121 Å². The van der Waals surface area contributed by atoms with E-state index in [1.165, 1.54) is 18.9 Å². The number of nitrogens with one attached hydrogen (secondary N) is 1. The molecule has 1 aromatic rings. The Morgan fingerprint density at radius 3 is 2.65 bits per heavy atom. The van der Waals surface area contributed by atoms with Crippen LogP contribution in [0.5, 0.6) is 0 Å². The van der Waals surface area contributed by atoms with Gasteiger partial charge in [0.05, 0.1) is 11.0 Å². The van der Waals surface area contributed by atoms with E-state index < -0.39 is 16.1 Å². The largest absolute Gasteiger partial charge is 0.389 e. The first kappa shape index (κ1) is 15.5. The Kier molecular flexibility index (Phi) is 4.83. The molecular weight excluding hydrogens is 274 g/mol. The Balaban J connectivity index is 2.13. The van der Waals surface area contributed by atoms with Gasteiger partial charge in [0.1, 0.15) is 0 Å². The van der Waals surface area contributed by atoms with E-state index in [1.54, 1.807) is 25.1 Å². The maximum atomic E-state index is 12.4. The van der Waals surface area contributed by atoms with Crippen molar-refractivity contribution in [1.82, 2.24) is 4.72 Å². The Hall–Kier alpha value is -0.910. The van der Waals surface area contributed by atoms with E-state index in [0.29, 0.717) is 11.5 Å². The number of aliphatic hydroxyl groups excluding tert-OH is 1. The molecule has 4 nitrogen and oxygen atoms in total. The number of rotatable bonds is 7. The standard InChI is InChI=1S/C15H23NO3S/c1-3-14(9-12-7-8-12)16-20(18,19)15-6-4-5-13(10-15)11(2)17/h4-6,10-12,14,16-17H,3,7-9H2,1-2H3. The summed E-state index contributed by atoms with van der Waals surface area (Å²) < 4.78 is 27.6. The zero-order valence-electron chi connectivity index (χ0n) is 12.0. The van der Waals surface area contributed by atoms with Crippen molar-refractivity contribution in [3.8, 4) is 0 Å². The van der Waals surface area contributed by atoms with Gasteiger partial charge in [-0.15, -0.1) is 0 Å². The van der Waals surface area contributed by atoms with Gasteiger partial charge in [-0.2, -0.15) is 0 Å². The van der Waals surface area contributed by atoms with Gasteiger partial charge in [-0.1, -0.05) is 31.9 Å². The highest BCUT2D eigenvalue weighted by molar-refractivity contribution is 7.89. The predicted molar refractivity (Wildman–Crippen MR) is 78.8 cm³/mol. The Morgan fingerprint density at radius 1 is 1.40 bits per heavy atom. The van der Waals surface area contributed by atoms with E-state index in [-0.39, 0.29) is 10.9 Å². The minimum atomic E-state index is -3.51. The summed E-state index contributed by atoms with van der Waals surface area (Å²) in [5.74, 6) is 0.687. The van der Waals surface area contributed by atoms with Crippen molar-refractivity contribution in [3.05, 3.63) is 29.8 Å². The summed E-state index contributed by atoms with van der Waals surface area (Å²) in [4.78, 5) is 0.227. The lowest BCUT2D eigenvalue weighted by molar-refractivity contribution is 0.199. The fourth-order valence-electron chi connectivity index (χ4n) is 2.28. The van der Waals surface area contributed by atoms with Crippen molar-refractivity contribution in [2.24, 2.45) is 5.92 Å². The highest BCUT2D eigenvalue weighted by atomic mass is 32.2. The summed E-state index contributed by atoms with van der Waals surface area (Å²) in [7, 11) is -3.51. The maximum Gasteiger partial charge on any atom is 0.240 e. The summed E-state index contributed by atoms with van der Waals surface area (Å²) in [6.07, 6.45) is 3.49. The quantitative estimate of drug-likeness (QED) is 0.813. The normalized spacial score (nSPS) is 18.8. The zero-order valence-corrected chi connectivity index (χ0v) is 12.9. The van der Waals surface area contributed by atoms with Crippen LogP contribution >= 0.6 is 0 Å². The lowest BCUT2D eigenvalue weighted by Gasteiger charge is -2.17. The first-order chi connectivity index (χ1) is 9.42. The molecule has 5 heteroatoms. The van der Waals surface area contributed by atoms with E-state index in [4.69, 9.17) is 0 Å². The van der Waals surface area contributed by atoms with Gasteiger partial charge < -0.3 is 5.11 Å². The van der Waals surface area contributed by atoms with Crippen LogP contribution in [0.2, 0.25) is 0 Å². The van der Waals surface area contributed by atoms with Crippen LogP contribution in [0.3, 0.4) is 0 Å². The highest BCUT2D eigenvalue weighted by Gasteiger charge is 2.27. The van der Waals surface area contributed by atoms with Crippen molar-refractivity contribution in [2.75, 3.05) is 0 Å². The SMILES string of the molecule is CCC(CC1CC1)NS(=O)(=O)c1cccc(C(C)O)c1. The van der Waals surface area contributed by atoms with Gasteiger partial charge in [0, 0.05) is 6.04 Å². The summed E-state index contributed by atoms with van der Waals surface area (Å²) in [5.41, 5.74) is 0.614. The Bertz CT molecular complexity index is 550. The summed E-state index contributed by atoms with van der Waals surface area (Å²) in [6.45, 7) is 3.63. The van der Waals surface area contributed by atoms with Crippen LogP contribution in [0.1, 0.15) is 51.2 Å². The molecule has 20 heavy (non-hydrogen) atoms. The van der Waals surface area contributed by atoms with Gasteiger partial charge in [0.15, 0.2) is 0 Å². The smallest absolute Gasteiger partial charge is 0.240 e. The summed E-state index contributed by atoms with van der Waals surface area (Å²) in [5, 5.41) is 9.55. The van der Waals surface area contributed by atoms with Crippen LogP contribution in [-0.4, -0.2) is 19.6 Å². The molecule has 0 saturated heterocycles. The molecule has 2 unspecified atom stereocenters. The number of aliphatic hydroxyl groups is 1. The van der Waals surface area contributed by atoms with E-state index in [1.807, 2.05) is 6.92 Å². The van der Waals surface area contributed by atoms with Crippen molar-refractivity contribution in [1.29, 1.82) is 0 Å². The molecule has 1 fully saturated rings. The fraction of sp³-hybridized carbons (Fsp3) is 0.600. The third-order valence-corrected chi connectivity index (χ3v) is 5.30. The average molecular weight is 297 g/mol. The molecule has 1 saturated carbocycles. The molecule has 1 aliphatic rings. The van der Waals surface area contributed by atoms with Gasteiger partial charge in [0.2, 0.25) is 10.0 Å². The van der Waals surface area contributed by atoms with E-state index >= 15 is 0 Å². The van der Waals surface area contributed by atoms with E-state index in [2.05, 4.69) is 4.72 Å². The molecule has 0 bridgehead atoms. The molecule has 0 heterocycles. The molecule has 112 valence electrons. The second-order valence-corrected chi connectivity index (χ2v) is 7.37. The van der Waals surface area contributed by atoms with Crippen molar-refractivity contribution in [3.63, 3.8) is 0 Å². The molecule has 0 aliphatic heterocycles. The minimum Gasteiger partial charge on any atom is -0.389 e. The van der Waals surface area contributed by atoms with Crippen LogP contribution in [0.15, 0.2) is 29.2 Å². The second-order valence-electron chi connectivity index (χ2n) is 5.65. The highest BCUT2D eigenvalue weighted by Crippen LogP contribution is 2.34. The lowest BCUT2D eigenvalue weighted by Crippen LogP contribution is -2.34. The lowest BCUT2D eigenvalue weighted by atomic mass is 10.1. The van der Waals surface area contributed by atoms with E-state index in [0.717, 1.165) is 12.8 Å². The molecule has 2 atom stereocenters. The number of benzene rings is 1. The zero-order chi connectivity index (χ0) is 14.8. The molecule has 1 aliphatic carbocycles. The second kappa shape index (κ2) is 6.24. The van der Waals surface area contributed by atoms with Crippen LogP contribution < -0.4 is 4.72 Å². The summed E-state index contributed by atoms with van der Waals surface area (Å²) >= 11 is 0. The average Bonchev–Trinajstić information content (AvgIpc) is 3.21. The molecule has 0 aromatic heterocycles. The van der Waals surface area contributed by atoms with Gasteiger partial charge in [-0.05, 0) is 43.4 Å². The van der Waals surface area contributed by atoms with Crippen molar-refractivity contribution in [2.45, 2.75) is 56.6 Å². The molecule has 0 amide bonds. The molecular formula is C15H23NO3S. The minimum absolute atomic E-state index is 0.00251. The van der Waals surface area contributed by atoms with Gasteiger partial charge in [0.25, 0.3) is 0 Å². The molecule has 1 aromatic carbocycles. The first-order valence-corrected chi connectivity index (χ1v) is 8.71. The molecule has 2 N–H and O–H groups in total. The van der Waals surface area contributed by atoms with Crippen molar-refractivity contribution < 1.29 is 13.5 Å². The third-order valence-electron chi connectivity index (χ3n) is 3.78. The molecule has 0 radical (unpaired) electrons. The number of sulfonamides is 1. The molecule has 2 rings (SSSR count). The number of hydrogen-bond acceptors (Lipinski definition) is 3. The maximum absolute atomic E-state index is 12.4. The van der Waals surface area contributed by atoms with Gasteiger partial charge >= 0.3 is 0 Å². The number of hydrogen-bond donors (Lipinski definition) is 2. The molecule has 0 spiro atoms. The van der Waals surface area contributed by atoms with Crippen LogP contribution in [0.25, 0.3) is 0 Å². The summed E-state index contributed by atoms with van der Waals surface area (Å²) in [6, 6.07) is 6.50. The van der Waals surface area contributed by atoms with Gasteiger partial charge in [-0.3, -0.25) is 0 Å². The fourth-order valence-corrected chi connectivity index (χ4v) is 3.67. The van der Waals surface area contributed by atoms with Crippen LogP contribution in [-0.2, 0) is 10.0 Å². The van der Waals surface area contributed by atoms with Crippen LogP contribution in [0.4, 0.5) is 0 Å².